The second-order valence-electron chi connectivity index (χ2n) is 2.36. The molecule has 0 aliphatic rings. The van der Waals surface area contributed by atoms with E-state index >= 15 is 0 Å². The van der Waals surface area contributed by atoms with Gasteiger partial charge in [-0.25, -0.2) is 0 Å². The molecule has 0 spiro atoms. The Morgan fingerprint density at radius 3 is 2.36 bits per heavy atom. The standard InChI is InChI=1S/C8H13ClN2/c1-5-10-11-8(9)7(4)6(2)3/h5,10H,1H2,2-4H3/b11-8+. The summed E-state index contributed by atoms with van der Waals surface area (Å²) in [5.41, 5.74) is 4.71. The summed E-state index contributed by atoms with van der Waals surface area (Å²) in [6.45, 7) is 9.34. The monoisotopic (exact) mass is 172 g/mol. The number of hydrogen-bond donors (Lipinski definition) is 1. The van der Waals surface area contributed by atoms with Crippen LogP contribution < -0.4 is 5.43 Å². The number of hydrogen-bond acceptors (Lipinski definition) is 2. The van der Waals surface area contributed by atoms with Gasteiger partial charge in [0.2, 0.25) is 0 Å². The Morgan fingerprint density at radius 1 is 1.45 bits per heavy atom. The van der Waals surface area contributed by atoms with Gasteiger partial charge in [0.1, 0.15) is 0 Å². The Hall–Kier alpha value is -0.760. The van der Waals surface area contributed by atoms with Gasteiger partial charge in [0, 0.05) is 6.20 Å². The predicted octanol–water partition coefficient (Wildman–Crippen LogP) is 2.63. The first-order chi connectivity index (χ1) is 5.09. The van der Waals surface area contributed by atoms with E-state index in [1.807, 2.05) is 20.8 Å². The number of rotatable bonds is 3. The normalized spacial score (nSPS) is 10.7. The van der Waals surface area contributed by atoms with Gasteiger partial charge in [0.15, 0.2) is 5.17 Å². The van der Waals surface area contributed by atoms with Crippen LogP contribution in [0, 0.1) is 0 Å². The van der Waals surface area contributed by atoms with Crippen molar-refractivity contribution in [3.8, 4) is 0 Å². The minimum absolute atomic E-state index is 0.477. The summed E-state index contributed by atoms with van der Waals surface area (Å²) < 4.78 is 0. The van der Waals surface area contributed by atoms with Crippen LogP contribution in [-0.4, -0.2) is 5.17 Å². The molecule has 2 nitrogen and oxygen atoms in total. The van der Waals surface area contributed by atoms with E-state index in [-0.39, 0.29) is 0 Å². The van der Waals surface area contributed by atoms with E-state index in [0.717, 1.165) is 11.1 Å². The summed E-state index contributed by atoms with van der Waals surface area (Å²) in [7, 11) is 0. The van der Waals surface area contributed by atoms with Crippen molar-refractivity contribution in [2.24, 2.45) is 5.10 Å². The van der Waals surface area contributed by atoms with Crippen LogP contribution in [0.2, 0.25) is 0 Å². The van der Waals surface area contributed by atoms with Crippen LogP contribution in [0.3, 0.4) is 0 Å². The van der Waals surface area contributed by atoms with Gasteiger partial charge in [-0.05, 0) is 26.3 Å². The Morgan fingerprint density at radius 2 is 2.00 bits per heavy atom. The zero-order chi connectivity index (χ0) is 8.85. The molecule has 0 bridgehead atoms. The Balaban J connectivity index is 4.35. The lowest BCUT2D eigenvalue weighted by molar-refractivity contribution is 0.975. The summed E-state index contributed by atoms with van der Waals surface area (Å²) >= 11 is 5.79. The van der Waals surface area contributed by atoms with Crippen molar-refractivity contribution in [2.45, 2.75) is 20.8 Å². The lowest BCUT2D eigenvalue weighted by Gasteiger charge is -1.99. The minimum Gasteiger partial charge on any atom is -0.285 e. The van der Waals surface area contributed by atoms with Crippen molar-refractivity contribution in [2.75, 3.05) is 0 Å². The number of nitrogens with one attached hydrogen (secondary N) is 1. The smallest absolute Gasteiger partial charge is 0.152 e. The highest BCUT2D eigenvalue weighted by Gasteiger charge is 1.97. The molecule has 0 aromatic rings. The summed E-state index contributed by atoms with van der Waals surface area (Å²) in [6.07, 6.45) is 1.47. The van der Waals surface area contributed by atoms with Crippen molar-refractivity contribution in [1.82, 2.24) is 5.43 Å². The molecule has 0 radical (unpaired) electrons. The highest BCUT2D eigenvalue weighted by Crippen LogP contribution is 2.06. The topological polar surface area (TPSA) is 24.4 Å². The Kier molecular flexibility index (Phi) is 4.62. The molecule has 62 valence electrons. The van der Waals surface area contributed by atoms with Crippen LogP contribution in [0.15, 0.2) is 29.0 Å². The molecule has 3 heteroatoms. The van der Waals surface area contributed by atoms with Gasteiger partial charge in [-0.3, -0.25) is 5.43 Å². The second-order valence-corrected chi connectivity index (χ2v) is 2.72. The number of allylic oxidation sites excluding steroid dienone is 2. The average Bonchev–Trinajstić information content (AvgIpc) is 1.98. The fraction of sp³-hybridized carbons (Fsp3) is 0.375. The SMILES string of the molecule is C=CN/N=C(/Cl)C(C)=C(C)C. The number of nitrogens with zero attached hydrogens (tertiary/aromatic N) is 1. The van der Waals surface area contributed by atoms with Crippen LogP contribution in [0.5, 0.6) is 0 Å². The highest BCUT2D eigenvalue weighted by atomic mass is 35.5. The fourth-order valence-electron chi connectivity index (χ4n) is 0.392. The minimum atomic E-state index is 0.477. The molecule has 11 heavy (non-hydrogen) atoms. The molecule has 0 aliphatic carbocycles. The Labute approximate surface area is 72.6 Å². The number of halogens is 1. The summed E-state index contributed by atoms with van der Waals surface area (Å²) in [5.74, 6) is 0. The van der Waals surface area contributed by atoms with Gasteiger partial charge in [-0.15, -0.1) is 0 Å². The zero-order valence-electron chi connectivity index (χ0n) is 7.11. The predicted molar refractivity (Wildman–Crippen MR) is 50.7 cm³/mol. The van der Waals surface area contributed by atoms with Gasteiger partial charge in [0.25, 0.3) is 0 Å². The molecule has 0 aliphatic heterocycles. The molecule has 0 aromatic heterocycles. The lowest BCUT2D eigenvalue weighted by Crippen LogP contribution is -2.00. The number of hydrazone groups is 1. The quantitative estimate of drug-likeness (QED) is 0.514. The van der Waals surface area contributed by atoms with Gasteiger partial charge in [0.05, 0.1) is 0 Å². The first kappa shape index (κ1) is 10.2. The van der Waals surface area contributed by atoms with Crippen molar-refractivity contribution < 1.29 is 0 Å². The summed E-state index contributed by atoms with van der Waals surface area (Å²) in [6, 6.07) is 0. The first-order valence-corrected chi connectivity index (χ1v) is 3.71. The summed E-state index contributed by atoms with van der Waals surface area (Å²) in [4.78, 5) is 0. The third-order valence-electron chi connectivity index (χ3n) is 1.31. The van der Waals surface area contributed by atoms with E-state index in [9.17, 15) is 0 Å². The van der Waals surface area contributed by atoms with Crippen LogP contribution in [-0.2, 0) is 0 Å². The van der Waals surface area contributed by atoms with Gasteiger partial charge < -0.3 is 0 Å². The van der Waals surface area contributed by atoms with Crippen molar-refractivity contribution >= 4 is 16.8 Å². The lowest BCUT2D eigenvalue weighted by atomic mass is 10.2. The molecule has 0 saturated carbocycles. The van der Waals surface area contributed by atoms with Crippen molar-refractivity contribution in [3.63, 3.8) is 0 Å². The average molecular weight is 173 g/mol. The third-order valence-corrected chi connectivity index (χ3v) is 1.68. The van der Waals surface area contributed by atoms with Gasteiger partial charge >= 0.3 is 0 Å². The van der Waals surface area contributed by atoms with E-state index < -0.39 is 0 Å². The van der Waals surface area contributed by atoms with E-state index in [0.29, 0.717) is 5.17 Å². The molecule has 1 N–H and O–H groups in total. The second kappa shape index (κ2) is 4.97. The van der Waals surface area contributed by atoms with E-state index in [4.69, 9.17) is 11.6 Å². The first-order valence-electron chi connectivity index (χ1n) is 3.33. The van der Waals surface area contributed by atoms with Crippen molar-refractivity contribution in [1.29, 1.82) is 0 Å². The largest absolute Gasteiger partial charge is 0.285 e. The molecule has 0 saturated heterocycles. The van der Waals surface area contributed by atoms with Gasteiger partial charge in [-0.1, -0.05) is 23.8 Å². The molecule has 0 fully saturated rings. The molecule has 0 aromatic carbocycles. The van der Waals surface area contributed by atoms with Crippen molar-refractivity contribution in [3.05, 3.63) is 23.9 Å². The Bertz CT molecular complexity index is 200. The fourth-order valence-corrected chi connectivity index (χ4v) is 0.630. The van der Waals surface area contributed by atoms with Crippen LogP contribution >= 0.6 is 11.6 Å². The van der Waals surface area contributed by atoms with Crippen LogP contribution in [0.4, 0.5) is 0 Å². The molecule has 0 amide bonds. The molecule has 0 rings (SSSR count). The van der Waals surface area contributed by atoms with E-state index in [1.165, 1.54) is 6.20 Å². The molecular weight excluding hydrogens is 160 g/mol. The van der Waals surface area contributed by atoms with Crippen LogP contribution in [0.25, 0.3) is 0 Å². The molecule has 0 heterocycles. The molecule has 0 atom stereocenters. The van der Waals surface area contributed by atoms with Crippen LogP contribution in [0.1, 0.15) is 20.8 Å². The maximum atomic E-state index is 5.79. The van der Waals surface area contributed by atoms with E-state index in [1.54, 1.807) is 0 Å². The highest BCUT2D eigenvalue weighted by molar-refractivity contribution is 6.69. The zero-order valence-corrected chi connectivity index (χ0v) is 7.87. The van der Waals surface area contributed by atoms with Gasteiger partial charge in [-0.2, -0.15) is 5.10 Å². The summed E-state index contributed by atoms with van der Waals surface area (Å²) in [5, 5.41) is 4.30. The maximum Gasteiger partial charge on any atom is 0.152 e. The molecular formula is C8H13ClN2. The maximum absolute atomic E-state index is 5.79. The van der Waals surface area contributed by atoms with E-state index in [2.05, 4.69) is 17.1 Å². The molecule has 0 unspecified atom stereocenters. The third kappa shape index (κ3) is 3.83.